The van der Waals surface area contributed by atoms with Crippen molar-refractivity contribution < 1.29 is 13.2 Å². The van der Waals surface area contributed by atoms with Crippen LogP contribution in [-0.2, 0) is 10.0 Å². The highest BCUT2D eigenvalue weighted by molar-refractivity contribution is 7.89. The van der Waals surface area contributed by atoms with Crippen molar-refractivity contribution in [3.63, 3.8) is 0 Å². The molecule has 0 aliphatic rings. The van der Waals surface area contributed by atoms with Crippen molar-refractivity contribution >= 4 is 10.0 Å². The molecule has 1 N–H and O–H groups in total. The van der Waals surface area contributed by atoms with Gasteiger partial charge in [0.15, 0.2) is 0 Å². The standard InChI is InChI=1S/C14H19N3O3S/c1-11-6-12(2)8-13(7-11)20-5-4-17(3)21(18,19)14-9-15-16-10-14/h6-10H,4-5H2,1-3H3,(H,15,16). The number of hydrogen-bond donors (Lipinski definition) is 1. The van der Waals surface area contributed by atoms with E-state index in [1.54, 1.807) is 0 Å². The lowest BCUT2D eigenvalue weighted by molar-refractivity contribution is 0.286. The van der Waals surface area contributed by atoms with Gasteiger partial charge in [0.2, 0.25) is 10.0 Å². The van der Waals surface area contributed by atoms with Gasteiger partial charge in [-0.15, -0.1) is 0 Å². The average Bonchev–Trinajstić information content (AvgIpc) is 2.91. The van der Waals surface area contributed by atoms with Crippen molar-refractivity contribution in [2.75, 3.05) is 20.2 Å². The number of nitrogens with one attached hydrogen (secondary N) is 1. The van der Waals surface area contributed by atoms with Gasteiger partial charge in [0.25, 0.3) is 0 Å². The molecule has 0 aliphatic heterocycles. The van der Waals surface area contributed by atoms with Gasteiger partial charge in [-0.1, -0.05) is 6.07 Å². The molecule has 0 atom stereocenters. The molecular formula is C14H19N3O3S. The van der Waals surface area contributed by atoms with E-state index in [2.05, 4.69) is 16.3 Å². The summed E-state index contributed by atoms with van der Waals surface area (Å²) < 4.78 is 31.2. The number of hydrogen-bond acceptors (Lipinski definition) is 4. The molecule has 0 spiro atoms. The summed E-state index contributed by atoms with van der Waals surface area (Å²) in [6.45, 7) is 4.54. The van der Waals surface area contributed by atoms with E-state index in [0.717, 1.165) is 16.9 Å². The third kappa shape index (κ3) is 3.83. The van der Waals surface area contributed by atoms with Gasteiger partial charge in [-0.2, -0.15) is 9.40 Å². The van der Waals surface area contributed by atoms with Crippen LogP contribution in [0.3, 0.4) is 0 Å². The number of ether oxygens (including phenoxy) is 1. The van der Waals surface area contributed by atoms with Crippen LogP contribution in [0.4, 0.5) is 0 Å². The summed E-state index contributed by atoms with van der Waals surface area (Å²) in [5, 5.41) is 6.15. The summed E-state index contributed by atoms with van der Waals surface area (Å²) in [7, 11) is -1.99. The van der Waals surface area contributed by atoms with Gasteiger partial charge in [0, 0.05) is 19.8 Å². The number of H-pyrrole nitrogens is 1. The molecule has 0 bridgehead atoms. The van der Waals surface area contributed by atoms with Crippen LogP contribution in [0.5, 0.6) is 5.75 Å². The van der Waals surface area contributed by atoms with Crippen LogP contribution >= 0.6 is 0 Å². The van der Waals surface area contributed by atoms with Crippen molar-refractivity contribution in [3.8, 4) is 5.75 Å². The first kappa shape index (κ1) is 15.5. The molecule has 0 amide bonds. The lowest BCUT2D eigenvalue weighted by atomic mass is 10.1. The third-order valence-corrected chi connectivity index (χ3v) is 4.87. The van der Waals surface area contributed by atoms with E-state index in [-0.39, 0.29) is 18.0 Å². The van der Waals surface area contributed by atoms with Crippen molar-refractivity contribution in [3.05, 3.63) is 41.7 Å². The normalized spacial score (nSPS) is 11.8. The zero-order valence-corrected chi connectivity index (χ0v) is 13.1. The Morgan fingerprint density at radius 2 is 1.90 bits per heavy atom. The SMILES string of the molecule is Cc1cc(C)cc(OCCN(C)S(=O)(=O)c2cn[nH]c2)c1. The monoisotopic (exact) mass is 309 g/mol. The highest BCUT2D eigenvalue weighted by Gasteiger charge is 2.21. The first-order valence-electron chi connectivity index (χ1n) is 6.56. The summed E-state index contributed by atoms with van der Waals surface area (Å²) in [5.41, 5.74) is 2.23. The highest BCUT2D eigenvalue weighted by atomic mass is 32.2. The Bertz CT molecular complexity index is 676. The molecule has 1 aromatic heterocycles. The lowest BCUT2D eigenvalue weighted by Crippen LogP contribution is -2.30. The number of rotatable bonds is 6. The Morgan fingerprint density at radius 3 is 2.48 bits per heavy atom. The maximum Gasteiger partial charge on any atom is 0.246 e. The molecule has 1 heterocycles. The van der Waals surface area contributed by atoms with Gasteiger partial charge in [-0.25, -0.2) is 8.42 Å². The molecule has 7 heteroatoms. The fraction of sp³-hybridized carbons (Fsp3) is 0.357. The molecule has 114 valence electrons. The molecule has 0 aliphatic carbocycles. The second kappa shape index (κ2) is 6.28. The predicted molar refractivity (Wildman–Crippen MR) is 79.8 cm³/mol. The first-order chi connectivity index (χ1) is 9.89. The van der Waals surface area contributed by atoms with Crippen molar-refractivity contribution in [1.82, 2.24) is 14.5 Å². The molecule has 2 rings (SSSR count). The quantitative estimate of drug-likeness (QED) is 0.881. The summed E-state index contributed by atoms with van der Waals surface area (Å²) in [6.07, 6.45) is 2.65. The highest BCUT2D eigenvalue weighted by Crippen LogP contribution is 2.16. The summed E-state index contributed by atoms with van der Waals surface area (Å²) >= 11 is 0. The summed E-state index contributed by atoms with van der Waals surface area (Å²) in [6, 6.07) is 5.91. The maximum atomic E-state index is 12.2. The Labute approximate surface area is 124 Å². The van der Waals surface area contributed by atoms with E-state index in [4.69, 9.17) is 4.74 Å². The summed E-state index contributed by atoms with van der Waals surface area (Å²) in [4.78, 5) is 0.149. The lowest BCUT2D eigenvalue weighted by Gasteiger charge is -2.16. The fourth-order valence-electron chi connectivity index (χ4n) is 1.99. The minimum Gasteiger partial charge on any atom is -0.492 e. The smallest absolute Gasteiger partial charge is 0.246 e. The minimum atomic E-state index is -3.51. The van der Waals surface area contributed by atoms with Crippen LogP contribution < -0.4 is 4.74 Å². The molecular weight excluding hydrogens is 290 g/mol. The minimum absolute atomic E-state index is 0.149. The predicted octanol–water partition coefficient (Wildman–Crippen LogP) is 1.73. The first-order valence-corrected chi connectivity index (χ1v) is 8.00. The summed E-state index contributed by atoms with van der Waals surface area (Å²) in [5.74, 6) is 0.751. The molecule has 6 nitrogen and oxygen atoms in total. The fourth-order valence-corrected chi connectivity index (χ4v) is 3.05. The van der Waals surface area contributed by atoms with Gasteiger partial charge in [0.05, 0.1) is 6.20 Å². The number of aromatic amines is 1. The Morgan fingerprint density at radius 1 is 1.24 bits per heavy atom. The topological polar surface area (TPSA) is 75.3 Å². The average molecular weight is 309 g/mol. The van der Waals surface area contributed by atoms with Crippen LogP contribution in [-0.4, -0.2) is 43.1 Å². The van der Waals surface area contributed by atoms with Gasteiger partial charge in [-0.3, -0.25) is 5.10 Å². The van der Waals surface area contributed by atoms with E-state index in [1.165, 1.54) is 23.7 Å². The Balaban J connectivity index is 1.94. The van der Waals surface area contributed by atoms with E-state index in [1.807, 2.05) is 26.0 Å². The molecule has 1 aromatic carbocycles. The number of aromatic nitrogens is 2. The van der Waals surface area contributed by atoms with Crippen LogP contribution in [0.2, 0.25) is 0 Å². The van der Waals surface area contributed by atoms with Crippen molar-refractivity contribution in [2.45, 2.75) is 18.7 Å². The van der Waals surface area contributed by atoms with Crippen LogP contribution in [0.25, 0.3) is 0 Å². The zero-order chi connectivity index (χ0) is 15.5. The van der Waals surface area contributed by atoms with E-state index < -0.39 is 10.0 Å². The Kier molecular flexibility index (Phi) is 4.64. The van der Waals surface area contributed by atoms with Gasteiger partial charge in [-0.05, 0) is 37.1 Å². The van der Waals surface area contributed by atoms with E-state index in [9.17, 15) is 8.42 Å². The van der Waals surface area contributed by atoms with Crippen molar-refractivity contribution in [2.24, 2.45) is 0 Å². The molecule has 0 fully saturated rings. The van der Waals surface area contributed by atoms with Gasteiger partial charge < -0.3 is 4.74 Å². The number of benzene rings is 1. The molecule has 0 radical (unpaired) electrons. The van der Waals surface area contributed by atoms with Crippen LogP contribution in [0.1, 0.15) is 11.1 Å². The van der Waals surface area contributed by atoms with E-state index in [0.29, 0.717) is 0 Å². The molecule has 0 saturated carbocycles. The van der Waals surface area contributed by atoms with Gasteiger partial charge >= 0.3 is 0 Å². The second-order valence-corrected chi connectivity index (χ2v) is 6.98. The molecule has 0 unspecified atom stereocenters. The number of aryl methyl sites for hydroxylation is 2. The molecule has 2 aromatic rings. The van der Waals surface area contributed by atoms with Gasteiger partial charge in [0.1, 0.15) is 17.3 Å². The Hall–Kier alpha value is -1.86. The third-order valence-electron chi connectivity index (χ3n) is 3.05. The second-order valence-electron chi connectivity index (χ2n) is 4.93. The number of likely N-dealkylation sites (N-methyl/N-ethyl adjacent to an activating group) is 1. The molecule has 0 saturated heterocycles. The largest absolute Gasteiger partial charge is 0.492 e. The maximum absolute atomic E-state index is 12.2. The molecule has 21 heavy (non-hydrogen) atoms. The van der Waals surface area contributed by atoms with E-state index >= 15 is 0 Å². The van der Waals surface area contributed by atoms with Crippen LogP contribution in [0, 0.1) is 13.8 Å². The zero-order valence-electron chi connectivity index (χ0n) is 12.3. The van der Waals surface area contributed by atoms with Crippen LogP contribution in [0.15, 0.2) is 35.5 Å². The van der Waals surface area contributed by atoms with Crippen molar-refractivity contribution in [1.29, 1.82) is 0 Å². The number of sulfonamides is 1. The number of nitrogens with zero attached hydrogens (tertiary/aromatic N) is 2.